The largest absolute Gasteiger partial charge is 0.493 e. The summed E-state index contributed by atoms with van der Waals surface area (Å²) in [5, 5.41) is 0. The average Bonchev–Trinajstić information content (AvgIpc) is 2.55. The minimum atomic E-state index is -3.25. The van der Waals surface area contributed by atoms with Crippen LogP contribution >= 0.6 is 24.2 Å². The van der Waals surface area contributed by atoms with Gasteiger partial charge in [0.05, 0.1) is 17.5 Å². The Labute approximate surface area is 160 Å². The lowest BCUT2D eigenvalue weighted by Crippen LogP contribution is -2.42. The topological polar surface area (TPSA) is 89.7 Å². The average molecular weight is 411 g/mol. The van der Waals surface area contributed by atoms with E-state index in [1.165, 1.54) is 12.1 Å². The lowest BCUT2D eigenvalue weighted by atomic mass is 10.2. The highest BCUT2D eigenvalue weighted by molar-refractivity contribution is 7.98. The summed E-state index contributed by atoms with van der Waals surface area (Å²) in [5.41, 5.74) is 5.86. The van der Waals surface area contributed by atoms with Crippen LogP contribution in [0.2, 0.25) is 0 Å². The number of hydrogen-bond donors (Lipinski definition) is 1. The molecule has 144 valence electrons. The molecular formula is C16H27ClN2O4S2. The van der Waals surface area contributed by atoms with Crippen molar-refractivity contribution in [2.75, 3.05) is 38.5 Å². The second-order valence-corrected chi connectivity index (χ2v) is 8.60. The SMILES string of the molecule is CSCC[C@H](N)C(=O)N(C)CCCOc1cccc(S(C)(=O)=O)c1.Cl. The number of hydrogen-bond acceptors (Lipinski definition) is 6. The number of benzene rings is 1. The molecule has 0 unspecified atom stereocenters. The Bertz CT molecular complexity index is 641. The van der Waals surface area contributed by atoms with Gasteiger partial charge in [0.25, 0.3) is 0 Å². The lowest BCUT2D eigenvalue weighted by molar-refractivity contribution is -0.131. The smallest absolute Gasteiger partial charge is 0.239 e. The molecule has 1 atom stereocenters. The first-order valence-corrected chi connectivity index (χ1v) is 11.0. The third kappa shape index (κ3) is 8.80. The third-order valence-corrected chi connectivity index (χ3v) is 5.22. The van der Waals surface area contributed by atoms with E-state index in [0.717, 1.165) is 12.0 Å². The number of halogens is 1. The van der Waals surface area contributed by atoms with Crippen molar-refractivity contribution in [3.8, 4) is 5.75 Å². The molecule has 0 spiro atoms. The summed E-state index contributed by atoms with van der Waals surface area (Å²) in [7, 11) is -1.52. The molecule has 0 aromatic heterocycles. The normalized spacial score (nSPS) is 12.2. The number of likely N-dealkylation sites (N-methyl/N-ethyl adjacent to an activating group) is 1. The van der Waals surface area contributed by atoms with Gasteiger partial charge < -0.3 is 15.4 Å². The number of nitrogens with two attached hydrogens (primary N) is 1. The number of ether oxygens (including phenoxy) is 1. The maximum absolute atomic E-state index is 12.1. The van der Waals surface area contributed by atoms with Gasteiger partial charge in [0.15, 0.2) is 9.84 Å². The zero-order valence-electron chi connectivity index (χ0n) is 14.8. The van der Waals surface area contributed by atoms with Crippen LogP contribution in [0.1, 0.15) is 12.8 Å². The van der Waals surface area contributed by atoms with Crippen LogP contribution in [0.3, 0.4) is 0 Å². The van der Waals surface area contributed by atoms with E-state index >= 15 is 0 Å². The maximum atomic E-state index is 12.1. The Morgan fingerprint density at radius 3 is 2.68 bits per heavy atom. The molecule has 0 aliphatic heterocycles. The Morgan fingerprint density at radius 1 is 1.40 bits per heavy atom. The number of thioether (sulfide) groups is 1. The molecule has 0 saturated carbocycles. The molecule has 0 radical (unpaired) electrons. The zero-order valence-corrected chi connectivity index (χ0v) is 17.3. The molecule has 1 amide bonds. The van der Waals surface area contributed by atoms with E-state index in [-0.39, 0.29) is 23.2 Å². The number of carbonyl (C=O) groups excluding carboxylic acids is 1. The number of nitrogens with zero attached hydrogens (tertiary/aromatic N) is 1. The van der Waals surface area contributed by atoms with Gasteiger partial charge in [0.1, 0.15) is 5.75 Å². The van der Waals surface area contributed by atoms with Crippen LogP contribution in [-0.2, 0) is 14.6 Å². The van der Waals surface area contributed by atoms with Gasteiger partial charge in [-0.05, 0) is 43.0 Å². The molecule has 0 aliphatic rings. The molecule has 9 heteroatoms. The van der Waals surface area contributed by atoms with Crippen molar-refractivity contribution in [1.29, 1.82) is 0 Å². The van der Waals surface area contributed by atoms with Gasteiger partial charge in [-0.15, -0.1) is 12.4 Å². The minimum absolute atomic E-state index is 0. The molecule has 1 aromatic rings. The lowest BCUT2D eigenvalue weighted by Gasteiger charge is -2.21. The van der Waals surface area contributed by atoms with Gasteiger partial charge in [-0.25, -0.2) is 8.42 Å². The summed E-state index contributed by atoms with van der Waals surface area (Å²) < 4.78 is 28.6. The van der Waals surface area contributed by atoms with E-state index in [9.17, 15) is 13.2 Å². The quantitative estimate of drug-likeness (QED) is 0.592. The summed E-state index contributed by atoms with van der Waals surface area (Å²) in [4.78, 5) is 13.9. The third-order valence-electron chi connectivity index (χ3n) is 3.47. The number of rotatable bonds is 10. The molecule has 0 saturated heterocycles. The molecule has 25 heavy (non-hydrogen) atoms. The fourth-order valence-corrected chi connectivity index (χ4v) is 3.19. The number of carbonyl (C=O) groups is 1. The van der Waals surface area contributed by atoms with Crippen LogP contribution < -0.4 is 10.5 Å². The van der Waals surface area contributed by atoms with Crippen molar-refractivity contribution < 1.29 is 17.9 Å². The van der Waals surface area contributed by atoms with E-state index in [1.807, 2.05) is 6.26 Å². The fourth-order valence-electron chi connectivity index (χ4n) is 2.05. The second-order valence-electron chi connectivity index (χ2n) is 5.60. The molecule has 0 bridgehead atoms. The van der Waals surface area contributed by atoms with Gasteiger partial charge in [0, 0.05) is 19.8 Å². The second kappa shape index (κ2) is 11.6. The molecule has 0 aliphatic carbocycles. The van der Waals surface area contributed by atoms with Gasteiger partial charge in [-0.3, -0.25) is 4.79 Å². The van der Waals surface area contributed by atoms with Crippen molar-refractivity contribution in [2.45, 2.75) is 23.8 Å². The van der Waals surface area contributed by atoms with Crippen LogP contribution in [0.5, 0.6) is 5.75 Å². The highest BCUT2D eigenvalue weighted by Gasteiger charge is 2.17. The number of sulfone groups is 1. The van der Waals surface area contributed by atoms with Crippen molar-refractivity contribution >= 4 is 39.9 Å². The minimum Gasteiger partial charge on any atom is -0.493 e. The van der Waals surface area contributed by atoms with E-state index in [0.29, 0.717) is 31.7 Å². The maximum Gasteiger partial charge on any atom is 0.239 e. The molecular weight excluding hydrogens is 384 g/mol. The van der Waals surface area contributed by atoms with Gasteiger partial charge in [0.2, 0.25) is 5.91 Å². The van der Waals surface area contributed by atoms with E-state index in [2.05, 4.69) is 0 Å². The Hall–Kier alpha value is -0.960. The standard InChI is InChI=1S/C16H26N2O4S2.ClH/c1-18(16(19)15(17)8-11-23-2)9-5-10-22-13-6-4-7-14(12-13)24(3,20)21;/h4,6-7,12,15H,5,8-11,17H2,1-3H3;1H/t15-;/m0./s1. The van der Waals surface area contributed by atoms with Crippen LogP contribution in [0.15, 0.2) is 29.2 Å². The van der Waals surface area contributed by atoms with Gasteiger partial charge in [-0.1, -0.05) is 6.07 Å². The van der Waals surface area contributed by atoms with Gasteiger partial charge in [-0.2, -0.15) is 11.8 Å². The zero-order chi connectivity index (χ0) is 18.2. The van der Waals surface area contributed by atoms with E-state index in [4.69, 9.17) is 10.5 Å². The van der Waals surface area contributed by atoms with Crippen molar-refractivity contribution in [3.05, 3.63) is 24.3 Å². The van der Waals surface area contributed by atoms with Crippen LogP contribution in [-0.4, -0.2) is 63.7 Å². The highest BCUT2D eigenvalue weighted by atomic mass is 35.5. The first kappa shape index (κ1) is 24.0. The monoisotopic (exact) mass is 410 g/mol. The number of amides is 1. The van der Waals surface area contributed by atoms with Crippen LogP contribution in [0.4, 0.5) is 0 Å². The van der Waals surface area contributed by atoms with E-state index < -0.39 is 15.9 Å². The summed E-state index contributed by atoms with van der Waals surface area (Å²) in [6.45, 7) is 0.933. The van der Waals surface area contributed by atoms with Crippen molar-refractivity contribution in [1.82, 2.24) is 4.90 Å². The first-order chi connectivity index (χ1) is 11.3. The molecule has 1 aromatic carbocycles. The van der Waals surface area contributed by atoms with Gasteiger partial charge >= 0.3 is 0 Å². The summed E-state index contributed by atoms with van der Waals surface area (Å²) in [5.74, 6) is 1.30. The fraction of sp³-hybridized carbons (Fsp3) is 0.562. The molecule has 0 fully saturated rings. The van der Waals surface area contributed by atoms with Crippen molar-refractivity contribution in [3.63, 3.8) is 0 Å². The first-order valence-electron chi connectivity index (χ1n) is 7.68. The molecule has 6 nitrogen and oxygen atoms in total. The molecule has 1 rings (SSSR count). The molecule has 0 heterocycles. The predicted molar refractivity (Wildman–Crippen MR) is 106 cm³/mol. The molecule has 2 N–H and O–H groups in total. The summed E-state index contributed by atoms with van der Waals surface area (Å²) in [6.07, 6.45) is 4.45. The summed E-state index contributed by atoms with van der Waals surface area (Å²) >= 11 is 1.67. The van der Waals surface area contributed by atoms with Crippen LogP contribution in [0, 0.1) is 0 Å². The predicted octanol–water partition coefficient (Wildman–Crippen LogP) is 1.82. The van der Waals surface area contributed by atoms with Crippen LogP contribution in [0.25, 0.3) is 0 Å². The Kier molecular flexibility index (Phi) is 11.2. The van der Waals surface area contributed by atoms with Crippen molar-refractivity contribution in [2.24, 2.45) is 5.73 Å². The Morgan fingerprint density at radius 2 is 2.08 bits per heavy atom. The van der Waals surface area contributed by atoms with E-state index in [1.54, 1.807) is 35.8 Å². The summed E-state index contributed by atoms with van der Waals surface area (Å²) in [6, 6.07) is 5.93. The highest BCUT2D eigenvalue weighted by Crippen LogP contribution is 2.17. The Balaban J connectivity index is 0.00000576.